The zero-order chi connectivity index (χ0) is 22.8. The van der Waals surface area contributed by atoms with Gasteiger partial charge in [0.25, 0.3) is 0 Å². The van der Waals surface area contributed by atoms with Crippen LogP contribution in [-0.2, 0) is 6.54 Å². The van der Waals surface area contributed by atoms with Crippen LogP contribution in [0.4, 0.5) is 5.82 Å². The summed E-state index contributed by atoms with van der Waals surface area (Å²) >= 11 is 0. The van der Waals surface area contributed by atoms with E-state index in [4.69, 9.17) is 9.51 Å². The molecular weight excluding hydrogens is 414 g/mol. The van der Waals surface area contributed by atoms with E-state index in [-0.39, 0.29) is 0 Å². The summed E-state index contributed by atoms with van der Waals surface area (Å²) in [5, 5.41) is 4.19. The maximum absolute atomic E-state index is 5.54. The lowest BCUT2D eigenvalue weighted by atomic mass is 10.1. The molecule has 0 unspecified atom stereocenters. The summed E-state index contributed by atoms with van der Waals surface area (Å²) in [5.74, 6) is 3.02. The van der Waals surface area contributed by atoms with Crippen LogP contribution in [0.1, 0.15) is 22.7 Å². The summed E-state index contributed by atoms with van der Waals surface area (Å²) in [7, 11) is 0. The van der Waals surface area contributed by atoms with Crippen LogP contribution in [0.25, 0.3) is 22.8 Å². The summed E-state index contributed by atoms with van der Waals surface area (Å²) < 4.78 is 5.54. The fraction of sp³-hybridized carbons (Fsp3) is 0.320. The van der Waals surface area contributed by atoms with Crippen LogP contribution in [-0.4, -0.2) is 56.2 Å². The molecule has 1 aliphatic rings. The minimum atomic E-state index is 0.648. The van der Waals surface area contributed by atoms with Crippen molar-refractivity contribution in [3.63, 3.8) is 0 Å². The second-order valence-corrected chi connectivity index (χ2v) is 8.41. The summed E-state index contributed by atoms with van der Waals surface area (Å²) in [4.78, 5) is 23.1. The number of piperazine rings is 1. The van der Waals surface area contributed by atoms with Crippen LogP contribution < -0.4 is 4.90 Å². The highest BCUT2D eigenvalue weighted by molar-refractivity contribution is 5.60. The highest BCUT2D eigenvalue weighted by atomic mass is 16.5. The molecule has 1 saturated heterocycles. The molecule has 4 aromatic rings. The summed E-state index contributed by atoms with van der Waals surface area (Å²) in [6.45, 7) is 10.4. The van der Waals surface area contributed by atoms with Gasteiger partial charge in [-0.1, -0.05) is 29.4 Å². The molecule has 3 aromatic heterocycles. The van der Waals surface area contributed by atoms with Crippen molar-refractivity contribution in [1.29, 1.82) is 0 Å². The Kier molecular flexibility index (Phi) is 5.83. The zero-order valence-electron chi connectivity index (χ0n) is 19.2. The van der Waals surface area contributed by atoms with Crippen molar-refractivity contribution in [3.05, 3.63) is 71.5 Å². The number of aromatic nitrogens is 5. The molecule has 0 radical (unpaired) electrons. The minimum absolute atomic E-state index is 0.648. The van der Waals surface area contributed by atoms with E-state index in [0.29, 0.717) is 18.3 Å². The lowest BCUT2D eigenvalue weighted by Gasteiger charge is -2.35. The Labute approximate surface area is 193 Å². The molecule has 33 heavy (non-hydrogen) atoms. The lowest BCUT2D eigenvalue weighted by Crippen LogP contribution is -2.46. The first-order chi connectivity index (χ1) is 16.1. The van der Waals surface area contributed by atoms with Crippen LogP contribution in [0.15, 0.2) is 53.3 Å². The van der Waals surface area contributed by atoms with Crippen molar-refractivity contribution >= 4 is 5.82 Å². The predicted octanol–water partition coefficient (Wildman–Crippen LogP) is 3.84. The van der Waals surface area contributed by atoms with Crippen molar-refractivity contribution in [2.75, 3.05) is 31.1 Å². The SMILES string of the molecule is Cc1ccccc1-c1noc(CN2CCN(c3nc(-c4cccnc4)nc(C)c3C)CC2)n1. The molecule has 0 N–H and O–H groups in total. The van der Waals surface area contributed by atoms with Gasteiger partial charge in [-0.3, -0.25) is 9.88 Å². The molecule has 0 spiro atoms. The van der Waals surface area contributed by atoms with E-state index < -0.39 is 0 Å². The molecule has 5 rings (SSSR count). The predicted molar refractivity (Wildman–Crippen MR) is 127 cm³/mol. The molecule has 0 aliphatic carbocycles. The summed E-state index contributed by atoms with van der Waals surface area (Å²) in [5.41, 5.74) is 5.20. The normalized spacial score (nSPS) is 14.6. The Morgan fingerprint density at radius 1 is 0.879 bits per heavy atom. The third kappa shape index (κ3) is 4.47. The van der Waals surface area contributed by atoms with Gasteiger partial charge in [0, 0.05) is 61.0 Å². The average Bonchev–Trinajstić information content (AvgIpc) is 3.30. The molecule has 0 saturated carbocycles. The average molecular weight is 442 g/mol. The largest absolute Gasteiger partial charge is 0.354 e. The Morgan fingerprint density at radius 3 is 2.45 bits per heavy atom. The molecule has 8 heteroatoms. The number of hydrogen-bond donors (Lipinski definition) is 0. The Bertz CT molecular complexity index is 1250. The smallest absolute Gasteiger partial charge is 0.241 e. The molecule has 1 aromatic carbocycles. The second-order valence-electron chi connectivity index (χ2n) is 8.41. The molecule has 8 nitrogen and oxygen atoms in total. The lowest BCUT2D eigenvalue weighted by molar-refractivity contribution is 0.215. The van der Waals surface area contributed by atoms with Gasteiger partial charge < -0.3 is 9.42 Å². The molecule has 168 valence electrons. The molecule has 1 fully saturated rings. The van der Waals surface area contributed by atoms with Gasteiger partial charge in [-0.25, -0.2) is 9.97 Å². The number of rotatable bonds is 5. The van der Waals surface area contributed by atoms with E-state index in [1.165, 1.54) is 0 Å². The Balaban J connectivity index is 1.27. The van der Waals surface area contributed by atoms with Gasteiger partial charge in [0.1, 0.15) is 5.82 Å². The molecule has 1 aliphatic heterocycles. The number of hydrogen-bond acceptors (Lipinski definition) is 8. The summed E-state index contributed by atoms with van der Waals surface area (Å²) in [6, 6.07) is 12.0. The van der Waals surface area contributed by atoms with Gasteiger partial charge >= 0.3 is 0 Å². The maximum atomic E-state index is 5.54. The van der Waals surface area contributed by atoms with Crippen molar-refractivity contribution < 1.29 is 4.52 Å². The molecule has 4 heterocycles. The molecule has 0 atom stereocenters. The first kappa shape index (κ1) is 21.2. The van der Waals surface area contributed by atoms with Crippen molar-refractivity contribution in [3.8, 4) is 22.8 Å². The Hall–Kier alpha value is -3.65. The number of benzene rings is 1. The topological polar surface area (TPSA) is 84.1 Å². The minimum Gasteiger partial charge on any atom is -0.354 e. The second kappa shape index (κ2) is 9.07. The molecule has 0 amide bonds. The molecular formula is C25H27N7O. The van der Waals surface area contributed by atoms with Gasteiger partial charge in [-0.05, 0) is 38.5 Å². The van der Waals surface area contributed by atoms with E-state index in [1.54, 1.807) is 12.4 Å². The quantitative estimate of drug-likeness (QED) is 0.462. The third-order valence-corrected chi connectivity index (χ3v) is 6.17. The highest BCUT2D eigenvalue weighted by Crippen LogP contribution is 2.26. The summed E-state index contributed by atoms with van der Waals surface area (Å²) in [6.07, 6.45) is 3.57. The van der Waals surface area contributed by atoms with E-state index in [0.717, 1.165) is 65.8 Å². The van der Waals surface area contributed by atoms with Crippen LogP contribution in [0.5, 0.6) is 0 Å². The van der Waals surface area contributed by atoms with E-state index in [2.05, 4.69) is 49.8 Å². The maximum Gasteiger partial charge on any atom is 0.241 e. The first-order valence-electron chi connectivity index (χ1n) is 11.2. The zero-order valence-corrected chi connectivity index (χ0v) is 19.2. The van der Waals surface area contributed by atoms with E-state index in [9.17, 15) is 0 Å². The van der Waals surface area contributed by atoms with Crippen molar-refractivity contribution in [2.24, 2.45) is 0 Å². The number of anilines is 1. The van der Waals surface area contributed by atoms with E-state index >= 15 is 0 Å². The number of pyridine rings is 1. The van der Waals surface area contributed by atoms with Crippen molar-refractivity contribution in [1.82, 2.24) is 30.0 Å². The van der Waals surface area contributed by atoms with Gasteiger partial charge in [-0.2, -0.15) is 4.98 Å². The standard InChI is InChI=1S/C25H27N7O/c1-17-7-4-5-9-21(17)24-28-22(33-30-24)16-31-11-13-32(14-12-31)25-18(2)19(3)27-23(29-25)20-8-6-10-26-15-20/h4-10,15H,11-14,16H2,1-3H3. The fourth-order valence-corrected chi connectivity index (χ4v) is 4.11. The first-order valence-corrected chi connectivity index (χ1v) is 11.2. The Morgan fingerprint density at radius 2 is 1.70 bits per heavy atom. The highest BCUT2D eigenvalue weighted by Gasteiger charge is 2.23. The van der Waals surface area contributed by atoms with Crippen LogP contribution in [0, 0.1) is 20.8 Å². The fourth-order valence-electron chi connectivity index (χ4n) is 4.11. The van der Waals surface area contributed by atoms with Gasteiger partial charge in [0.05, 0.1) is 6.54 Å². The van der Waals surface area contributed by atoms with Crippen LogP contribution in [0.2, 0.25) is 0 Å². The monoisotopic (exact) mass is 441 g/mol. The van der Waals surface area contributed by atoms with Crippen LogP contribution >= 0.6 is 0 Å². The number of nitrogens with zero attached hydrogens (tertiary/aromatic N) is 7. The van der Waals surface area contributed by atoms with Gasteiger partial charge in [0.2, 0.25) is 11.7 Å². The third-order valence-electron chi connectivity index (χ3n) is 6.17. The number of aryl methyl sites for hydroxylation is 2. The van der Waals surface area contributed by atoms with Gasteiger partial charge in [0.15, 0.2) is 5.82 Å². The van der Waals surface area contributed by atoms with E-state index in [1.807, 2.05) is 37.3 Å². The van der Waals surface area contributed by atoms with Crippen LogP contribution in [0.3, 0.4) is 0 Å². The van der Waals surface area contributed by atoms with Gasteiger partial charge in [-0.15, -0.1) is 0 Å². The molecule has 0 bridgehead atoms. The van der Waals surface area contributed by atoms with Crippen molar-refractivity contribution in [2.45, 2.75) is 27.3 Å².